The second-order valence-corrected chi connectivity index (χ2v) is 8.14. The van der Waals surface area contributed by atoms with Gasteiger partial charge in [0.25, 0.3) is 5.91 Å². The van der Waals surface area contributed by atoms with Crippen molar-refractivity contribution < 1.29 is 28.8 Å². The van der Waals surface area contributed by atoms with E-state index in [-0.39, 0.29) is 37.1 Å². The standard InChI is InChI=1S/C25H25N3O6/c1-15(24(30)31)10-11-26-23(29)22-12-16(34-28-22)13-27-25(32)33-14-21-19-8-4-2-6-17(19)18-7-3-5-9-20(18)21/h2-9,12,15,21H,10-11,13-14H2,1H3,(H,26,29)(H,27,32)(H,30,31). The molecule has 0 bridgehead atoms. The van der Waals surface area contributed by atoms with Gasteiger partial charge < -0.3 is 25.0 Å². The number of carbonyl (C=O) groups excluding carboxylic acids is 2. The zero-order chi connectivity index (χ0) is 24.1. The summed E-state index contributed by atoms with van der Waals surface area (Å²) in [7, 11) is 0. The first kappa shape index (κ1) is 23.0. The molecule has 0 fully saturated rings. The predicted molar refractivity (Wildman–Crippen MR) is 122 cm³/mol. The van der Waals surface area contributed by atoms with Gasteiger partial charge in [0.05, 0.1) is 12.5 Å². The fourth-order valence-corrected chi connectivity index (χ4v) is 3.93. The lowest BCUT2D eigenvalue weighted by atomic mass is 9.98. The number of carbonyl (C=O) groups is 3. The summed E-state index contributed by atoms with van der Waals surface area (Å²) in [6, 6.07) is 17.6. The van der Waals surface area contributed by atoms with Gasteiger partial charge in [-0.05, 0) is 28.7 Å². The summed E-state index contributed by atoms with van der Waals surface area (Å²) in [5.74, 6) is -1.71. The molecule has 3 N–H and O–H groups in total. The molecule has 0 radical (unpaired) electrons. The first-order valence-corrected chi connectivity index (χ1v) is 11.0. The number of carboxylic acid groups (broad SMARTS) is 1. The number of rotatable bonds is 9. The van der Waals surface area contributed by atoms with E-state index in [0.29, 0.717) is 6.42 Å². The monoisotopic (exact) mass is 463 g/mol. The lowest BCUT2D eigenvalue weighted by molar-refractivity contribution is -0.141. The minimum atomic E-state index is -0.919. The van der Waals surface area contributed by atoms with E-state index in [1.807, 2.05) is 36.4 Å². The molecule has 9 heteroatoms. The molecule has 1 atom stereocenters. The molecule has 0 spiro atoms. The van der Waals surface area contributed by atoms with Crippen molar-refractivity contribution in [3.63, 3.8) is 0 Å². The molecule has 0 saturated carbocycles. The smallest absolute Gasteiger partial charge is 0.407 e. The summed E-state index contributed by atoms with van der Waals surface area (Å²) in [6.45, 7) is 1.97. The molecule has 9 nitrogen and oxygen atoms in total. The van der Waals surface area contributed by atoms with E-state index in [4.69, 9.17) is 14.4 Å². The number of carboxylic acids is 1. The van der Waals surface area contributed by atoms with Crippen LogP contribution < -0.4 is 10.6 Å². The Bertz CT molecular complexity index is 1160. The average Bonchev–Trinajstić information content (AvgIpc) is 3.44. The van der Waals surface area contributed by atoms with E-state index in [9.17, 15) is 14.4 Å². The van der Waals surface area contributed by atoms with E-state index in [2.05, 4.69) is 27.9 Å². The molecule has 34 heavy (non-hydrogen) atoms. The number of ether oxygens (including phenoxy) is 1. The highest BCUT2D eigenvalue weighted by molar-refractivity contribution is 5.92. The van der Waals surface area contributed by atoms with Crippen LogP contribution in [0.4, 0.5) is 4.79 Å². The Labute approximate surface area is 196 Å². The summed E-state index contributed by atoms with van der Waals surface area (Å²) in [6.07, 6.45) is -0.304. The Morgan fingerprint density at radius 1 is 1.06 bits per heavy atom. The highest BCUT2D eigenvalue weighted by Crippen LogP contribution is 2.44. The number of aromatic nitrogens is 1. The molecule has 1 aliphatic rings. The van der Waals surface area contributed by atoms with Crippen molar-refractivity contribution in [2.24, 2.45) is 5.92 Å². The number of benzene rings is 2. The van der Waals surface area contributed by atoms with Gasteiger partial charge >= 0.3 is 12.1 Å². The molecule has 1 heterocycles. The molecule has 0 aliphatic heterocycles. The van der Waals surface area contributed by atoms with Gasteiger partial charge in [0.1, 0.15) is 6.61 Å². The van der Waals surface area contributed by atoms with Crippen molar-refractivity contribution in [2.75, 3.05) is 13.2 Å². The molecule has 1 unspecified atom stereocenters. The number of alkyl carbamates (subject to hydrolysis) is 1. The van der Waals surface area contributed by atoms with Crippen LogP contribution in [-0.4, -0.2) is 41.4 Å². The largest absolute Gasteiger partial charge is 0.481 e. The lowest BCUT2D eigenvalue weighted by Crippen LogP contribution is -2.27. The van der Waals surface area contributed by atoms with E-state index in [1.165, 1.54) is 6.07 Å². The second-order valence-electron chi connectivity index (χ2n) is 8.14. The third kappa shape index (κ3) is 5.09. The SMILES string of the molecule is CC(CCNC(=O)c1cc(CNC(=O)OCC2c3ccccc3-c3ccccc32)on1)C(=O)O. The van der Waals surface area contributed by atoms with Crippen LogP contribution in [-0.2, 0) is 16.1 Å². The maximum absolute atomic E-state index is 12.3. The predicted octanol–water partition coefficient (Wildman–Crippen LogP) is 3.55. The lowest BCUT2D eigenvalue weighted by Gasteiger charge is -2.14. The van der Waals surface area contributed by atoms with E-state index in [1.54, 1.807) is 6.92 Å². The molecule has 4 rings (SSSR count). The Hall–Kier alpha value is -4.14. The molecular formula is C25H25N3O6. The number of nitrogens with zero attached hydrogens (tertiary/aromatic N) is 1. The van der Waals surface area contributed by atoms with Crippen LogP contribution in [0.2, 0.25) is 0 Å². The summed E-state index contributed by atoms with van der Waals surface area (Å²) in [5, 5.41) is 17.8. The molecule has 2 aromatic carbocycles. The van der Waals surface area contributed by atoms with Crippen LogP contribution in [0.25, 0.3) is 11.1 Å². The third-order valence-corrected chi connectivity index (χ3v) is 5.83. The summed E-state index contributed by atoms with van der Waals surface area (Å²) in [5.41, 5.74) is 4.60. The number of hydrogen-bond acceptors (Lipinski definition) is 6. The van der Waals surface area contributed by atoms with Crippen LogP contribution in [0, 0.1) is 5.92 Å². The molecule has 176 valence electrons. The van der Waals surface area contributed by atoms with Gasteiger partial charge in [0, 0.05) is 18.5 Å². The normalized spacial score (nSPS) is 13.0. The van der Waals surface area contributed by atoms with Gasteiger partial charge in [0.2, 0.25) is 0 Å². The Morgan fingerprint density at radius 3 is 2.35 bits per heavy atom. The van der Waals surface area contributed by atoms with Gasteiger partial charge in [0.15, 0.2) is 11.5 Å². The van der Waals surface area contributed by atoms with Crippen LogP contribution in [0.1, 0.15) is 46.6 Å². The topological polar surface area (TPSA) is 131 Å². The van der Waals surface area contributed by atoms with Gasteiger partial charge in [-0.1, -0.05) is 60.6 Å². The summed E-state index contributed by atoms with van der Waals surface area (Å²) < 4.78 is 10.6. The highest BCUT2D eigenvalue weighted by atomic mass is 16.5. The summed E-state index contributed by atoms with van der Waals surface area (Å²) in [4.78, 5) is 35.2. The van der Waals surface area contributed by atoms with Crippen molar-refractivity contribution in [3.8, 4) is 11.1 Å². The Balaban J connectivity index is 1.26. The van der Waals surface area contributed by atoms with Crippen molar-refractivity contribution >= 4 is 18.0 Å². The number of fused-ring (bicyclic) bond motifs is 3. The quantitative estimate of drug-likeness (QED) is 0.442. The van der Waals surface area contributed by atoms with Crippen molar-refractivity contribution in [1.29, 1.82) is 0 Å². The zero-order valence-corrected chi connectivity index (χ0v) is 18.6. The molecule has 3 aromatic rings. The van der Waals surface area contributed by atoms with Crippen LogP contribution in [0.15, 0.2) is 59.1 Å². The van der Waals surface area contributed by atoms with Crippen LogP contribution >= 0.6 is 0 Å². The van der Waals surface area contributed by atoms with Crippen LogP contribution in [0.5, 0.6) is 0 Å². The van der Waals surface area contributed by atoms with Gasteiger partial charge in [-0.25, -0.2) is 4.79 Å². The van der Waals surface area contributed by atoms with Crippen molar-refractivity contribution in [1.82, 2.24) is 15.8 Å². The molecule has 2 amide bonds. The maximum Gasteiger partial charge on any atom is 0.407 e. The van der Waals surface area contributed by atoms with E-state index >= 15 is 0 Å². The fraction of sp³-hybridized carbons (Fsp3) is 0.280. The second kappa shape index (κ2) is 10.2. The van der Waals surface area contributed by atoms with E-state index < -0.39 is 23.9 Å². The third-order valence-electron chi connectivity index (χ3n) is 5.83. The average molecular weight is 463 g/mol. The summed E-state index contributed by atoms with van der Waals surface area (Å²) >= 11 is 0. The molecule has 0 saturated heterocycles. The number of nitrogens with one attached hydrogen (secondary N) is 2. The number of hydrogen-bond donors (Lipinski definition) is 3. The molecule has 1 aromatic heterocycles. The van der Waals surface area contributed by atoms with Gasteiger partial charge in [-0.15, -0.1) is 0 Å². The first-order valence-electron chi connectivity index (χ1n) is 11.0. The van der Waals surface area contributed by atoms with Crippen LogP contribution in [0.3, 0.4) is 0 Å². The maximum atomic E-state index is 12.3. The zero-order valence-electron chi connectivity index (χ0n) is 18.6. The highest BCUT2D eigenvalue weighted by Gasteiger charge is 2.29. The van der Waals surface area contributed by atoms with Crippen molar-refractivity contribution in [3.05, 3.63) is 77.2 Å². The minimum Gasteiger partial charge on any atom is -0.481 e. The van der Waals surface area contributed by atoms with Gasteiger partial charge in [-0.2, -0.15) is 0 Å². The fourth-order valence-electron chi connectivity index (χ4n) is 3.93. The molecular weight excluding hydrogens is 438 g/mol. The Kier molecular flexibility index (Phi) is 6.91. The van der Waals surface area contributed by atoms with Gasteiger partial charge in [-0.3, -0.25) is 9.59 Å². The van der Waals surface area contributed by atoms with E-state index in [0.717, 1.165) is 22.3 Å². The first-order chi connectivity index (χ1) is 16.4. The number of amides is 2. The Morgan fingerprint density at radius 2 is 1.71 bits per heavy atom. The minimum absolute atomic E-state index is 0.00695. The number of aliphatic carboxylic acids is 1. The van der Waals surface area contributed by atoms with Crippen molar-refractivity contribution in [2.45, 2.75) is 25.8 Å². The molecule has 1 aliphatic carbocycles.